The zero-order valence-corrected chi connectivity index (χ0v) is 14.0. The molecule has 1 aliphatic carbocycles. The van der Waals surface area contributed by atoms with Crippen LogP contribution in [0.3, 0.4) is 0 Å². The first kappa shape index (κ1) is 15.2. The van der Waals surface area contributed by atoms with Crippen molar-refractivity contribution in [3.63, 3.8) is 0 Å². The largest absolute Gasteiger partial charge is 0.314 e. The smallest absolute Gasteiger partial charge is 0.123 e. The van der Waals surface area contributed by atoms with Crippen LogP contribution in [0.25, 0.3) is 0 Å². The summed E-state index contributed by atoms with van der Waals surface area (Å²) < 4.78 is 13.6. The molecule has 2 fully saturated rings. The fraction of sp³-hybridized carbons (Fsp3) is 0.500. The summed E-state index contributed by atoms with van der Waals surface area (Å²) >= 11 is 1.86. The number of piperazine rings is 1. The average Bonchev–Trinajstić information content (AvgIpc) is 2.94. The lowest BCUT2D eigenvalue weighted by Crippen LogP contribution is -2.45. The second kappa shape index (κ2) is 6.67. The first-order chi connectivity index (χ1) is 11.3. The number of benzene rings is 1. The maximum absolute atomic E-state index is 13.6. The van der Waals surface area contributed by atoms with Crippen molar-refractivity contribution >= 4 is 11.3 Å². The van der Waals surface area contributed by atoms with Gasteiger partial charge in [-0.15, -0.1) is 11.3 Å². The second-order valence-corrected chi connectivity index (χ2v) is 7.68. The molecular formula is C18H22FN3S. The monoisotopic (exact) mass is 331 g/mol. The third-order valence-electron chi connectivity index (χ3n) is 4.97. The van der Waals surface area contributed by atoms with Crippen molar-refractivity contribution in [1.82, 2.24) is 15.2 Å². The SMILES string of the molecule is Fc1cccc(C2CNCCN2Cc2cnc(C3CCC3)s2)c1. The van der Waals surface area contributed by atoms with Crippen molar-refractivity contribution in [2.75, 3.05) is 19.6 Å². The van der Waals surface area contributed by atoms with Crippen molar-refractivity contribution < 1.29 is 4.39 Å². The van der Waals surface area contributed by atoms with E-state index in [1.165, 1.54) is 35.2 Å². The van der Waals surface area contributed by atoms with Crippen LogP contribution in [0.15, 0.2) is 30.5 Å². The molecule has 1 aromatic carbocycles. The second-order valence-electron chi connectivity index (χ2n) is 6.54. The van der Waals surface area contributed by atoms with E-state index in [9.17, 15) is 4.39 Å². The molecular weight excluding hydrogens is 309 g/mol. The molecule has 5 heteroatoms. The molecule has 0 bridgehead atoms. The molecule has 3 nitrogen and oxygen atoms in total. The van der Waals surface area contributed by atoms with E-state index in [2.05, 4.69) is 15.2 Å². The van der Waals surface area contributed by atoms with Crippen molar-refractivity contribution in [3.05, 3.63) is 51.7 Å². The van der Waals surface area contributed by atoms with Gasteiger partial charge in [-0.2, -0.15) is 0 Å². The summed E-state index contributed by atoms with van der Waals surface area (Å²) in [5, 5.41) is 4.74. The predicted molar refractivity (Wildman–Crippen MR) is 91.1 cm³/mol. The van der Waals surface area contributed by atoms with Crippen LogP contribution >= 0.6 is 11.3 Å². The molecule has 122 valence electrons. The molecule has 23 heavy (non-hydrogen) atoms. The third-order valence-corrected chi connectivity index (χ3v) is 6.12. The van der Waals surface area contributed by atoms with Gasteiger partial charge in [0, 0.05) is 49.2 Å². The summed E-state index contributed by atoms with van der Waals surface area (Å²) in [6.07, 6.45) is 5.99. The molecule has 1 saturated heterocycles. The van der Waals surface area contributed by atoms with Gasteiger partial charge in [0.2, 0.25) is 0 Å². The molecule has 0 radical (unpaired) electrons. The van der Waals surface area contributed by atoms with Gasteiger partial charge in [-0.1, -0.05) is 18.6 Å². The minimum Gasteiger partial charge on any atom is -0.314 e. The van der Waals surface area contributed by atoms with Crippen molar-refractivity contribution in [3.8, 4) is 0 Å². The molecule has 0 spiro atoms. The van der Waals surface area contributed by atoms with E-state index < -0.39 is 0 Å². The Morgan fingerprint density at radius 2 is 2.26 bits per heavy atom. The van der Waals surface area contributed by atoms with Gasteiger partial charge in [0.25, 0.3) is 0 Å². The van der Waals surface area contributed by atoms with Crippen LogP contribution < -0.4 is 5.32 Å². The zero-order valence-electron chi connectivity index (χ0n) is 13.2. The number of nitrogens with zero attached hydrogens (tertiary/aromatic N) is 2. The first-order valence-corrected chi connectivity index (χ1v) is 9.26. The van der Waals surface area contributed by atoms with Crippen LogP contribution in [0.5, 0.6) is 0 Å². The number of hydrogen-bond acceptors (Lipinski definition) is 4. The van der Waals surface area contributed by atoms with Gasteiger partial charge in [-0.05, 0) is 30.5 Å². The van der Waals surface area contributed by atoms with E-state index in [1.54, 1.807) is 12.1 Å². The molecule has 4 rings (SSSR count). The Morgan fingerprint density at radius 3 is 3.04 bits per heavy atom. The maximum atomic E-state index is 13.6. The summed E-state index contributed by atoms with van der Waals surface area (Å²) in [5.41, 5.74) is 1.06. The zero-order chi connectivity index (χ0) is 15.6. The topological polar surface area (TPSA) is 28.2 Å². The highest BCUT2D eigenvalue weighted by molar-refractivity contribution is 7.11. The van der Waals surface area contributed by atoms with Crippen LogP contribution in [-0.2, 0) is 6.54 Å². The van der Waals surface area contributed by atoms with Gasteiger partial charge >= 0.3 is 0 Å². The Balaban J connectivity index is 1.50. The third kappa shape index (κ3) is 3.32. The van der Waals surface area contributed by atoms with Crippen molar-refractivity contribution in [1.29, 1.82) is 0 Å². The molecule has 2 heterocycles. The fourth-order valence-corrected chi connectivity index (χ4v) is 4.53. The fourth-order valence-electron chi connectivity index (χ4n) is 3.42. The number of hydrogen-bond donors (Lipinski definition) is 1. The Labute approximate surface area is 140 Å². The molecule has 1 N–H and O–H groups in total. The summed E-state index contributed by atoms with van der Waals surface area (Å²) in [6, 6.07) is 7.24. The minimum atomic E-state index is -0.155. The molecule has 1 saturated carbocycles. The number of thiazole rings is 1. The number of halogens is 1. The van der Waals surface area contributed by atoms with E-state index in [4.69, 9.17) is 0 Å². The molecule has 1 atom stereocenters. The highest BCUT2D eigenvalue weighted by atomic mass is 32.1. The average molecular weight is 331 g/mol. The van der Waals surface area contributed by atoms with Crippen molar-refractivity contribution in [2.24, 2.45) is 0 Å². The number of aromatic nitrogens is 1. The Kier molecular flexibility index (Phi) is 4.42. The first-order valence-electron chi connectivity index (χ1n) is 8.44. The Hall–Kier alpha value is -1.30. The summed E-state index contributed by atoms with van der Waals surface area (Å²) in [5.74, 6) is 0.550. The Morgan fingerprint density at radius 1 is 1.35 bits per heavy atom. The highest BCUT2D eigenvalue weighted by Crippen LogP contribution is 2.38. The van der Waals surface area contributed by atoms with Crippen LogP contribution in [0.4, 0.5) is 4.39 Å². The maximum Gasteiger partial charge on any atom is 0.123 e. The molecule has 0 amide bonds. The lowest BCUT2D eigenvalue weighted by molar-refractivity contribution is 0.155. The van der Waals surface area contributed by atoms with Gasteiger partial charge in [0.05, 0.1) is 5.01 Å². The van der Waals surface area contributed by atoms with Crippen LogP contribution in [0.2, 0.25) is 0 Å². The molecule has 2 aromatic rings. The van der Waals surface area contributed by atoms with Gasteiger partial charge in [-0.25, -0.2) is 9.37 Å². The predicted octanol–water partition coefficient (Wildman–Crippen LogP) is 3.70. The quantitative estimate of drug-likeness (QED) is 0.926. The van der Waals surface area contributed by atoms with Crippen molar-refractivity contribution in [2.45, 2.75) is 37.8 Å². The highest BCUT2D eigenvalue weighted by Gasteiger charge is 2.26. The van der Waals surface area contributed by atoms with Crippen LogP contribution in [0, 0.1) is 5.82 Å². The van der Waals surface area contributed by atoms with Crippen LogP contribution in [0.1, 0.15) is 46.7 Å². The molecule has 2 aliphatic rings. The molecule has 1 unspecified atom stereocenters. The van der Waals surface area contributed by atoms with Gasteiger partial charge in [0.15, 0.2) is 0 Å². The normalized spacial score (nSPS) is 22.9. The van der Waals surface area contributed by atoms with Gasteiger partial charge in [-0.3, -0.25) is 4.90 Å². The standard InChI is InChI=1S/C18H22FN3S/c19-15-6-2-5-14(9-15)17-11-20-7-8-22(17)12-16-10-21-18(23-16)13-3-1-4-13/h2,5-6,9-10,13,17,20H,1,3-4,7-8,11-12H2. The Bertz CT molecular complexity index is 668. The van der Waals surface area contributed by atoms with Gasteiger partial charge < -0.3 is 5.32 Å². The number of rotatable bonds is 4. The van der Waals surface area contributed by atoms with E-state index in [0.29, 0.717) is 5.92 Å². The number of nitrogens with one attached hydrogen (secondary N) is 1. The summed E-state index contributed by atoms with van der Waals surface area (Å²) in [7, 11) is 0. The van der Waals surface area contributed by atoms with Gasteiger partial charge in [0.1, 0.15) is 5.82 Å². The summed E-state index contributed by atoms with van der Waals surface area (Å²) in [4.78, 5) is 8.41. The van der Waals surface area contributed by atoms with E-state index in [1.807, 2.05) is 23.6 Å². The van der Waals surface area contributed by atoms with E-state index in [-0.39, 0.29) is 11.9 Å². The summed E-state index contributed by atoms with van der Waals surface area (Å²) in [6.45, 7) is 3.75. The van der Waals surface area contributed by atoms with Crippen LogP contribution in [-0.4, -0.2) is 29.5 Å². The minimum absolute atomic E-state index is 0.155. The van der Waals surface area contributed by atoms with E-state index in [0.717, 1.165) is 31.7 Å². The lowest BCUT2D eigenvalue weighted by atomic mass is 9.86. The molecule has 1 aliphatic heterocycles. The van der Waals surface area contributed by atoms with E-state index >= 15 is 0 Å². The molecule has 1 aromatic heterocycles. The lowest BCUT2D eigenvalue weighted by Gasteiger charge is -2.36.